The van der Waals surface area contributed by atoms with Crippen molar-refractivity contribution < 1.29 is 9.59 Å². The molecule has 0 heterocycles. The summed E-state index contributed by atoms with van der Waals surface area (Å²) in [5.74, 6) is -0.181. The van der Waals surface area contributed by atoms with Crippen LogP contribution >= 0.6 is 0 Å². The van der Waals surface area contributed by atoms with Crippen molar-refractivity contribution in [3.63, 3.8) is 0 Å². The van der Waals surface area contributed by atoms with E-state index >= 15 is 0 Å². The predicted molar refractivity (Wildman–Crippen MR) is 83.0 cm³/mol. The van der Waals surface area contributed by atoms with E-state index in [0.717, 1.165) is 11.4 Å². The van der Waals surface area contributed by atoms with Crippen molar-refractivity contribution in [2.75, 3.05) is 16.1 Å². The van der Waals surface area contributed by atoms with E-state index in [1.165, 1.54) is 6.92 Å². The Balaban J connectivity index is 1.88. The number of nitrogens with one attached hydrogen (secondary N) is 4. The summed E-state index contributed by atoms with van der Waals surface area (Å²) in [5, 5.41) is 5.44. The molecule has 0 saturated carbocycles. The summed E-state index contributed by atoms with van der Waals surface area (Å²) in [7, 11) is 0. The van der Waals surface area contributed by atoms with Crippen LogP contribution in [0.15, 0.2) is 54.6 Å². The number of amides is 3. The monoisotopic (exact) mass is 284 g/mol. The lowest BCUT2D eigenvalue weighted by molar-refractivity contribution is -0.118. The SMILES string of the molecule is CC(=O)NNc1ccc(NC(=O)Nc2ccccc2)cc1. The third-order valence-corrected chi connectivity index (χ3v) is 2.56. The van der Waals surface area contributed by atoms with E-state index in [1.807, 2.05) is 18.2 Å². The van der Waals surface area contributed by atoms with Gasteiger partial charge in [0, 0.05) is 18.3 Å². The van der Waals surface area contributed by atoms with Crippen molar-refractivity contribution in [2.24, 2.45) is 0 Å². The number of benzene rings is 2. The highest BCUT2D eigenvalue weighted by atomic mass is 16.2. The van der Waals surface area contributed by atoms with Gasteiger partial charge in [0.05, 0.1) is 5.69 Å². The average Bonchev–Trinajstić information content (AvgIpc) is 2.47. The van der Waals surface area contributed by atoms with E-state index in [9.17, 15) is 9.59 Å². The number of urea groups is 1. The Kier molecular flexibility index (Phi) is 4.76. The van der Waals surface area contributed by atoms with Gasteiger partial charge in [-0.25, -0.2) is 4.79 Å². The fourth-order valence-electron chi connectivity index (χ4n) is 1.61. The Morgan fingerprint density at radius 1 is 0.762 bits per heavy atom. The Bertz CT molecular complexity index is 611. The highest BCUT2D eigenvalue weighted by Crippen LogP contribution is 2.13. The summed E-state index contributed by atoms with van der Waals surface area (Å²) in [5.41, 5.74) is 7.30. The van der Waals surface area contributed by atoms with Crippen LogP contribution in [0.2, 0.25) is 0 Å². The summed E-state index contributed by atoms with van der Waals surface area (Å²) in [6.45, 7) is 1.41. The number of para-hydroxylation sites is 1. The maximum absolute atomic E-state index is 11.8. The molecule has 0 aliphatic heterocycles. The van der Waals surface area contributed by atoms with Gasteiger partial charge in [0.1, 0.15) is 0 Å². The molecule has 0 atom stereocenters. The number of hydrazine groups is 1. The highest BCUT2D eigenvalue weighted by Gasteiger charge is 2.02. The predicted octanol–water partition coefficient (Wildman–Crippen LogP) is 2.79. The van der Waals surface area contributed by atoms with E-state index in [-0.39, 0.29) is 11.9 Å². The van der Waals surface area contributed by atoms with E-state index in [4.69, 9.17) is 0 Å². The minimum absolute atomic E-state index is 0.181. The van der Waals surface area contributed by atoms with Gasteiger partial charge in [-0.1, -0.05) is 18.2 Å². The van der Waals surface area contributed by atoms with Gasteiger partial charge in [0.15, 0.2) is 0 Å². The zero-order chi connectivity index (χ0) is 15.1. The second-order valence-electron chi connectivity index (χ2n) is 4.33. The van der Waals surface area contributed by atoms with Crippen LogP contribution in [0.5, 0.6) is 0 Å². The van der Waals surface area contributed by atoms with Crippen LogP contribution in [0.1, 0.15) is 6.92 Å². The Morgan fingerprint density at radius 3 is 1.86 bits per heavy atom. The number of hydrogen-bond acceptors (Lipinski definition) is 3. The van der Waals surface area contributed by atoms with E-state index in [0.29, 0.717) is 5.69 Å². The molecule has 0 fully saturated rings. The van der Waals surface area contributed by atoms with Crippen LogP contribution in [0.3, 0.4) is 0 Å². The molecule has 4 N–H and O–H groups in total. The first-order chi connectivity index (χ1) is 10.1. The topological polar surface area (TPSA) is 82.3 Å². The minimum atomic E-state index is -0.316. The molecular weight excluding hydrogens is 268 g/mol. The smallest absolute Gasteiger partial charge is 0.308 e. The summed E-state index contributed by atoms with van der Waals surface area (Å²) in [6, 6.07) is 15.8. The largest absolute Gasteiger partial charge is 0.323 e. The first-order valence-electron chi connectivity index (χ1n) is 6.39. The molecule has 108 valence electrons. The lowest BCUT2D eigenvalue weighted by Crippen LogP contribution is -2.26. The summed E-state index contributed by atoms with van der Waals surface area (Å²) in [4.78, 5) is 22.6. The molecule has 0 saturated heterocycles. The van der Waals surface area contributed by atoms with E-state index in [1.54, 1.807) is 36.4 Å². The van der Waals surface area contributed by atoms with Gasteiger partial charge in [-0.3, -0.25) is 15.6 Å². The third-order valence-electron chi connectivity index (χ3n) is 2.56. The van der Waals surface area contributed by atoms with Crippen LogP contribution in [-0.2, 0) is 4.79 Å². The molecule has 0 radical (unpaired) electrons. The molecular formula is C15H16N4O2. The number of hydrogen-bond donors (Lipinski definition) is 4. The first kappa shape index (κ1) is 14.4. The molecule has 2 aromatic rings. The number of carbonyl (C=O) groups is 2. The van der Waals surface area contributed by atoms with Gasteiger partial charge in [-0.2, -0.15) is 0 Å². The molecule has 2 aromatic carbocycles. The van der Waals surface area contributed by atoms with Crippen molar-refractivity contribution in [1.82, 2.24) is 5.43 Å². The molecule has 0 bridgehead atoms. The fraction of sp³-hybridized carbons (Fsp3) is 0.0667. The number of carbonyl (C=O) groups excluding carboxylic acids is 2. The number of rotatable bonds is 4. The molecule has 0 spiro atoms. The van der Waals surface area contributed by atoms with Crippen molar-refractivity contribution in [3.05, 3.63) is 54.6 Å². The second-order valence-corrected chi connectivity index (χ2v) is 4.33. The summed E-state index contributed by atoms with van der Waals surface area (Å²) < 4.78 is 0. The molecule has 0 aliphatic rings. The normalized spacial score (nSPS) is 9.57. The molecule has 3 amide bonds. The highest BCUT2D eigenvalue weighted by molar-refractivity contribution is 5.99. The van der Waals surface area contributed by atoms with E-state index in [2.05, 4.69) is 21.5 Å². The molecule has 0 aliphatic carbocycles. The molecule has 6 heteroatoms. The zero-order valence-electron chi connectivity index (χ0n) is 11.5. The molecule has 0 unspecified atom stereocenters. The third kappa shape index (κ3) is 4.87. The second kappa shape index (κ2) is 6.95. The molecule has 21 heavy (non-hydrogen) atoms. The summed E-state index contributed by atoms with van der Waals surface area (Å²) >= 11 is 0. The Hall–Kier alpha value is -3.02. The minimum Gasteiger partial charge on any atom is -0.308 e. The average molecular weight is 284 g/mol. The lowest BCUT2D eigenvalue weighted by atomic mass is 10.3. The standard InChI is InChI=1S/C15H16N4O2/c1-11(20)18-19-14-9-7-13(8-10-14)17-15(21)16-12-5-3-2-4-6-12/h2-10,19H,1H3,(H,18,20)(H2,16,17,21). The molecule has 6 nitrogen and oxygen atoms in total. The van der Waals surface area contributed by atoms with Crippen LogP contribution in [-0.4, -0.2) is 11.9 Å². The van der Waals surface area contributed by atoms with E-state index < -0.39 is 0 Å². The quantitative estimate of drug-likeness (QED) is 0.652. The maximum atomic E-state index is 11.8. The van der Waals surface area contributed by atoms with Gasteiger partial charge >= 0.3 is 6.03 Å². The van der Waals surface area contributed by atoms with Crippen LogP contribution in [0.4, 0.5) is 21.9 Å². The maximum Gasteiger partial charge on any atom is 0.323 e. The van der Waals surface area contributed by atoms with Gasteiger partial charge in [0.25, 0.3) is 0 Å². The molecule has 2 rings (SSSR count). The van der Waals surface area contributed by atoms with Gasteiger partial charge in [-0.15, -0.1) is 0 Å². The van der Waals surface area contributed by atoms with Gasteiger partial charge in [-0.05, 0) is 36.4 Å². The van der Waals surface area contributed by atoms with Crippen molar-refractivity contribution in [2.45, 2.75) is 6.92 Å². The first-order valence-corrected chi connectivity index (χ1v) is 6.39. The fourth-order valence-corrected chi connectivity index (χ4v) is 1.61. The van der Waals surface area contributed by atoms with Crippen LogP contribution in [0, 0.1) is 0 Å². The van der Waals surface area contributed by atoms with Crippen molar-refractivity contribution in [3.8, 4) is 0 Å². The Morgan fingerprint density at radius 2 is 1.29 bits per heavy atom. The van der Waals surface area contributed by atoms with Crippen molar-refractivity contribution in [1.29, 1.82) is 0 Å². The van der Waals surface area contributed by atoms with Crippen LogP contribution in [0.25, 0.3) is 0 Å². The van der Waals surface area contributed by atoms with Crippen LogP contribution < -0.4 is 21.5 Å². The lowest BCUT2D eigenvalue weighted by Gasteiger charge is -2.09. The molecule has 0 aromatic heterocycles. The van der Waals surface area contributed by atoms with Gasteiger partial charge in [0.2, 0.25) is 5.91 Å². The van der Waals surface area contributed by atoms with Crippen molar-refractivity contribution >= 4 is 29.0 Å². The zero-order valence-corrected chi connectivity index (χ0v) is 11.5. The van der Waals surface area contributed by atoms with Gasteiger partial charge < -0.3 is 10.6 Å². The summed E-state index contributed by atoms with van der Waals surface area (Å²) in [6.07, 6.45) is 0. The Labute approximate surface area is 122 Å². The number of anilines is 3.